The zero-order chi connectivity index (χ0) is 21.0. The smallest absolute Gasteiger partial charge is 0.251 e. The van der Waals surface area contributed by atoms with Crippen molar-refractivity contribution in [3.05, 3.63) is 115 Å². The third kappa shape index (κ3) is 4.09. The van der Waals surface area contributed by atoms with Crippen LogP contribution in [0, 0.1) is 0 Å². The maximum absolute atomic E-state index is 12.6. The lowest BCUT2D eigenvalue weighted by Crippen LogP contribution is -2.22. The Labute approximate surface area is 179 Å². The van der Waals surface area contributed by atoms with Crippen LogP contribution in [0.3, 0.4) is 0 Å². The fourth-order valence-electron chi connectivity index (χ4n) is 3.58. The highest BCUT2D eigenvalue weighted by Gasteiger charge is 2.08. The number of hydrogen-bond acceptors (Lipinski definition) is 3. The van der Waals surface area contributed by atoms with Crippen LogP contribution in [0.1, 0.15) is 21.5 Å². The van der Waals surface area contributed by atoms with Crippen molar-refractivity contribution in [2.24, 2.45) is 0 Å². The number of benzene rings is 3. The van der Waals surface area contributed by atoms with Crippen molar-refractivity contribution in [1.29, 1.82) is 0 Å². The maximum atomic E-state index is 12.6. The van der Waals surface area contributed by atoms with E-state index in [1.165, 1.54) is 5.56 Å². The van der Waals surface area contributed by atoms with E-state index in [1.807, 2.05) is 76.0 Å². The Morgan fingerprint density at radius 3 is 2.42 bits per heavy atom. The van der Waals surface area contributed by atoms with Crippen molar-refractivity contribution in [3.8, 4) is 5.69 Å². The molecular formula is C25H21N5O. The van der Waals surface area contributed by atoms with E-state index in [9.17, 15) is 4.79 Å². The van der Waals surface area contributed by atoms with E-state index >= 15 is 0 Å². The minimum Gasteiger partial charge on any atom is -0.348 e. The lowest BCUT2D eigenvalue weighted by atomic mass is 10.1. The van der Waals surface area contributed by atoms with Gasteiger partial charge in [0.2, 0.25) is 0 Å². The second-order valence-electron chi connectivity index (χ2n) is 7.38. The van der Waals surface area contributed by atoms with Gasteiger partial charge in [-0.3, -0.25) is 9.36 Å². The van der Waals surface area contributed by atoms with E-state index in [1.54, 1.807) is 18.9 Å². The third-order valence-electron chi connectivity index (χ3n) is 5.26. The van der Waals surface area contributed by atoms with Gasteiger partial charge in [-0.2, -0.15) is 0 Å². The normalized spacial score (nSPS) is 11.0. The first-order chi connectivity index (χ1) is 15.3. The third-order valence-corrected chi connectivity index (χ3v) is 5.26. The molecule has 5 aromatic rings. The second kappa shape index (κ2) is 8.28. The highest BCUT2D eigenvalue weighted by Crippen LogP contribution is 2.18. The van der Waals surface area contributed by atoms with Crippen molar-refractivity contribution >= 4 is 16.9 Å². The van der Waals surface area contributed by atoms with E-state index < -0.39 is 0 Å². The topological polar surface area (TPSA) is 64.7 Å². The Bertz CT molecular complexity index is 1300. The summed E-state index contributed by atoms with van der Waals surface area (Å²) >= 11 is 0. The molecular weight excluding hydrogens is 386 g/mol. The number of carbonyl (C=O) groups is 1. The molecule has 0 atom stereocenters. The van der Waals surface area contributed by atoms with Gasteiger partial charge in [0.15, 0.2) is 0 Å². The van der Waals surface area contributed by atoms with Gasteiger partial charge < -0.3 is 9.88 Å². The minimum absolute atomic E-state index is 0.0930. The number of para-hydroxylation sites is 2. The summed E-state index contributed by atoms with van der Waals surface area (Å²) in [5.41, 5.74) is 5.83. The number of nitrogens with one attached hydrogen (secondary N) is 1. The molecule has 0 spiro atoms. The van der Waals surface area contributed by atoms with E-state index in [4.69, 9.17) is 0 Å². The van der Waals surface area contributed by atoms with Crippen LogP contribution in [0.25, 0.3) is 16.7 Å². The number of imidazole rings is 2. The predicted octanol–water partition coefficient (Wildman–Crippen LogP) is 4.20. The minimum atomic E-state index is -0.0930. The molecule has 0 bridgehead atoms. The van der Waals surface area contributed by atoms with Gasteiger partial charge in [0, 0.05) is 36.7 Å². The van der Waals surface area contributed by atoms with Gasteiger partial charge in [0.1, 0.15) is 6.33 Å². The first-order valence-electron chi connectivity index (χ1n) is 10.1. The highest BCUT2D eigenvalue weighted by molar-refractivity contribution is 5.94. The summed E-state index contributed by atoms with van der Waals surface area (Å²) in [7, 11) is 0. The van der Waals surface area contributed by atoms with Crippen LogP contribution in [0.2, 0.25) is 0 Å². The van der Waals surface area contributed by atoms with Crippen LogP contribution < -0.4 is 5.32 Å². The number of rotatable bonds is 6. The van der Waals surface area contributed by atoms with Crippen molar-refractivity contribution in [3.63, 3.8) is 0 Å². The Morgan fingerprint density at radius 1 is 0.871 bits per heavy atom. The summed E-state index contributed by atoms with van der Waals surface area (Å²) < 4.78 is 4.04. The molecule has 0 aliphatic carbocycles. The average molecular weight is 407 g/mol. The van der Waals surface area contributed by atoms with Gasteiger partial charge in [-0.05, 0) is 47.5 Å². The summed E-state index contributed by atoms with van der Waals surface area (Å²) in [5.74, 6) is -0.0930. The molecule has 0 radical (unpaired) electrons. The van der Waals surface area contributed by atoms with Crippen molar-refractivity contribution in [1.82, 2.24) is 24.4 Å². The summed E-state index contributed by atoms with van der Waals surface area (Å²) in [6, 6.07) is 23.8. The first kappa shape index (κ1) is 18.8. The van der Waals surface area contributed by atoms with E-state index in [0.717, 1.165) is 28.8 Å². The monoisotopic (exact) mass is 407 g/mol. The molecule has 3 aromatic carbocycles. The van der Waals surface area contributed by atoms with Gasteiger partial charge in [0.25, 0.3) is 5.91 Å². The Kier molecular flexibility index (Phi) is 5.02. The SMILES string of the molecule is O=C(NCc1ccc(Cn2ccnc2)cc1)c1ccc(-n2cnc3ccccc32)cc1. The second-order valence-corrected chi connectivity index (χ2v) is 7.38. The van der Waals surface area contributed by atoms with Gasteiger partial charge >= 0.3 is 0 Å². The highest BCUT2D eigenvalue weighted by atomic mass is 16.1. The van der Waals surface area contributed by atoms with Crippen LogP contribution in [0.4, 0.5) is 0 Å². The van der Waals surface area contributed by atoms with Gasteiger partial charge in [-0.1, -0.05) is 36.4 Å². The lowest BCUT2D eigenvalue weighted by Gasteiger charge is -2.09. The standard InChI is InChI=1S/C25H21N5O/c31-25(27-15-19-5-7-20(8-6-19)16-29-14-13-26-17-29)21-9-11-22(12-10-21)30-18-28-23-3-1-2-4-24(23)30/h1-14,17-18H,15-16H2,(H,27,31). The molecule has 6 nitrogen and oxygen atoms in total. The molecule has 6 heteroatoms. The molecule has 0 unspecified atom stereocenters. The van der Waals surface area contributed by atoms with E-state index in [-0.39, 0.29) is 5.91 Å². The number of hydrogen-bond donors (Lipinski definition) is 1. The summed E-state index contributed by atoms with van der Waals surface area (Å²) in [6.45, 7) is 1.27. The molecule has 2 heterocycles. The van der Waals surface area contributed by atoms with Crippen LogP contribution in [0.5, 0.6) is 0 Å². The molecule has 0 saturated carbocycles. The van der Waals surface area contributed by atoms with Crippen LogP contribution in [-0.2, 0) is 13.1 Å². The molecule has 2 aromatic heterocycles. The summed E-state index contributed by atoms with van der Waals surface area (Å²) in [4.78, 5) is 21.0. The van der Waals surface area contributed by atoms with Gasteiger partial charge in [0.05, 0.1) is 17.4 Å². The molecule has 0 fully saturated rings. The zero-order valence-electron chi connectivity index (χ0n) is 16.8. The quantitative estimate of drug-likeness (QED) is 0.459. The van der Waals surface area contributed by atoms with E-state index in [2.05, 4.69) is 27.4 Å². The molecule has 0 aliphatic heterocycles. The first-order valence-corrected chi connectivity index (χ1v) is 10.1. The van der Waals surface area contributed by atoms with E-state index in [0.29, 0.717) is 12.1 Å². The Morgan fingerprint density at radius 2 is 1.65 bits per heavy atom. The molecule has 1 N–H and O–H groups in total. The van der Waals surface area contributed by atoms with Crippen LogP contribution in [-0.4, -0.2) is 25.0 Å². The van der Waals surface area contributed by atoms with Crippen molar-refractivity contribution in [2.45, 2.75) is 13.1 Å². The number of carbonyl (C=O) groups excluding carboxylic acids is 1. The van der Waals surface area contributed by atoms with Gasteiger partial charge in [-0.25, -0.2) is 9.97 Å². The number of fused-ring (bicyclic) bond motifs is 1. The number of nitrogens with zero attached hydrogens (tertiary/aromatic N) is 4. The summed E-state index contributed by atoms with van der Waals surface area (Å²) in [5, 5.41) is 2.99. The largest absolute Gasteiger partial charge is 0.348 e. The summed E-state index contributed by atoms with van der Waals surface area (Å²) in [6.07, 6.45) is 7.31. The maximum Gasteiger partial charge on any atom is 0.251 e. The zero-order valence-corrected chi connectivity index (χ0v) is 16.8. The lowest BCUT2D eigenvalue weighted by molar-refractivity contribution is 0.0951. The van der Waals surface area contributed by atoms with Gasteiger partial charge in [-0.15, -0.1) is 0 Å². The Balaban J connectivity index is 1.21. The average Bonchev–Trinajstić information content (AvgIpc) is 3.48. The molecule has 5 rings (SSSR count). The fourth-order valence-corrected chi connectivity index (χ4v) is 3.58. The Hall–Kier alpha value is -4.19. The molecule has 0 saturated heterocycles. The number of aromatic nitrogens is 4. The van der Waals surface area contributed by atoms with Crippen LogP contribution in [0.15, 0.2) is 97.8 Å². The molecule has 0 aliphatic rings. The fraction of sp³-hybridized carbons (Fsp3) is 0.0800. The molecule has 31 heavy (non-hydrogen) atoms. The molecule has 1 amide bonds. The predicted molar refractivity (Wildman–Crippen MR) is 120 cm³/mol. The van der Waals surface area contributed by atoms with Crippen molar-refractivity contribution < 1.29 is 4.79 Å². The molecule has 152 valence electrons. The van der Waals surface area contributed by atoms with Crippen molar-refractivity contribution in [2.75, 3.05) is 0 Å². The van der Waals surface area contributed by atoms with Crippen LogP contribution >= 0.6 is 0 Å². The number of amides is 1.